The van der Waals surface area contributed by atoms with Crippen molar-refractivity contribution in [3.05, 3.63) is 12.2 Å². The minimum absolute atomic E-state index is 0.369. The molecule has 0 fully saturated rings. The van der Waals surface area contributed by atoms with Crippen LogP contribution in [0.3, 0.4) is 0 Å². The van der Waals surface area contributed by atoms with Gasteiger partial charge in [-0.25, -0.2) is 4.99 Å². The zero-order valence-electron chi connectivity index (χ0n) is 5.19. The van der Waals surface area contributed by atoms with Crippen molar-refractivity contribution in [2.45, 2.75) is 0 Å². The zero-order valence-corrected chi connectivity index (χ0v) is 5.19. The molecule has 0 saturated carbocycles. The van der Waals surface area contributed by atoms with Gasteiger partial charge in [0, 0.05) is 6.21 Å². The van der Waals surface area contributed by atoms with Crippen LogP contribution in [0.1, 0.15) is 0 Å². The SMILES string of the molecule is C1=CC2=NCOC2=NN=C1. The predicted molar refractivity (Wildman–Crippen MR) is 38.5 cm³/mol. The highest BCUT2D eigenvalue weighted by molar-refractivity contribution is 6.44. The van der Waals surface area contributed by atoms with E-state index in [0.717, 1.165) is 5.71 Å². The lowest BCUT2D eigenvalue weighted by Gasteiger charge is -1.90. The summed E-state index contributed by atoms with van der Waals surface area (Å²) < 4.78 is 5.02. The molecule has 10 heavy (non-hydrogen) atoms. The maximum Gasteiger partial charge on any atom is 0.261 e. The van der Waals surface area contributed by atoms with E-state index in [2.05, 4.69) is 15.2 Å². The quantitative estimate of drug-likeness (QED) is 0.473. The van der Waals surface area contributed by atoms with E-state index in [4.69, 9.17) is 4.74 Å². The van der Waals surface area contributed by atoms with Gasteiger partial charge < -0.3 is 4.74 Å². The van der Waals surface area contributed by atoms with Crippen LogP contribution in [0.4, 0.5) is 0 Å². The maximum absolute atomic E-state index is 5.02. The summed E-state index contributed by atoms with van der Waals surface area (Å²) in [6.45, 7) is 0.369. The molecule has 4 heteroatoms. The summed E-state index contributed by atoms with van der Waals surface area (Å²) in [6.07, 6.45) is 5.20. The molecule has 0 atom stereocenters. The number of hydrogen-bond acceptors (Lipinski definition) is 4. The number of ether oxygens (including phenoxy) is 1. The number of rotatable bonds is 0. The Morgan fingerprint density at radius 1 is 1.50 bits per heavy atom. The van der Waals surface area contributed by atoms with Crippen molar-refractivity contribution in [2.24, 2.45) is 15.2 Å². The molecule has 0 unspecified atom stereocenters. The summed E-state index contributed by atoms with van der Waals surface area (Å²) in [6, 6.07) is 0. The first kappa shape index (κ1) is 5.34. The Balaban J connectivity index is 2.42. The molecule has 0 radical (unpaired) electrons. The van der Waals surface area contributed by atoms with Crippen LogP contribution in [-0.4, -0.2) is 24.6 Å². The first-order valence-corrected chi connectivity index (χ1v) is 2.92. The highest BCUT2D eigenvalue weighted by Crippen LogP contribution is 2.02. The van der Waals surface area contributed by atoms with Gasteiger partial charge in [0.25, 0.3) is 5.90 Å². The fourth-order valence-corrected chi connectivity index (χ4v) is 0.767. The molecule has 0 N–H and O–H groups in total. The number of nitrogens with zero attached hydrogens (tertiary/aromatic N) is 3. The van der Waals surface area contributed by atoms with E-state index in [-0.39, 0.29) is 0 Å². The van der Waals surface area contributed by atoms with Gasteiger partial charge in [0.15, 0.2) is 6.73 Å². The summed E-state index contributed by atoms with van der Waals surface area (Å²) in [7, 11) is 0. The van der Waals surface area contributed by atoms with Crippen LogP contribution in [0.2, 0.25) is 0 Å². The van der Waals surface area contributed by atoms with E-state index in [0.29, 0.717) is 12.6 Å². The number of aliphatic imine (C=N–C) groups is 1. The highest BCUT2D eigenvalue weighted by Gasteiger charge is 2.14. The van der Waals surface area contributed by atoms with Crippen LogP contribution < -0.4 is 0 Å². The van der Waals surface area contributed by atoms with Crippen LogP contribution >= 0.6 is 0 Å². The first-order valence-electron chi connectivity index (χ1n) is 2.92. The smallest absolute Gasteiger partial charge is 0.261 e. The molecule has 2 rings (SSSR count). The summed E-state index contributed by atoms with van der Waals surface area (Å²) in [5, 5.41) is 7.44. The Morgan fingerprint density at radius 2 is 2.50 bits per heavy atom. The number of allylic oxidation sites excluding steroid dienone is 1. The molecule has 0 saturated heterocycles. The van der Waals surface area contributed by atoms with E-state index in [1.54, 1.807) is 12.3 Å². The van der Waals surface area contributed by atoms with E-state index in [9.17, 15) is 0 Å². The van der Waals surface area contributed by atoms with Crippen LogP contribution in [0.15, 0.2) is 27.3 Å². The lowest BCUT2D eigenvalue weighted by molar-refractivity contribution is 0.339. The third kappa shape index (κ3) is 0.737. The van der Waals surface area contributed by atoms with Gasteiger partial charge >= 0.3 is 0 Å². The van der Waals surface area contributed by atoms with Crippen LogP contribution in [-0.2, 0) is 4.74 Å². The van der Waals surface area contributed by atoms with Gasteiger partial charge in [0.2, 0.25) is 0 Å². The van der Waals surface area contributed by atoms with Crippen molar-refractivity contribution in [2.75, 3.05) is 6.73 Å². The number of hydrogen-bond donors (Lipinski definition) is 0. The fraction of sp³-hybridized carbons (Fsp3) is 0.167. The molecule has 0 aliphatic carbocycles. The minimum atomic E-state index is 0.369. The second-order valence-electron chi connectivity index (χ2n) is 1.85. The molecule has 0 aromatic heterocycles. The van der Waals surface area contributed by atoms with Crippen molar-refractivity contribution in [3.8, 4) is 0 Å². The standard InChI is InChI=1S/C6H5N3O/c1-2-5-6(9-8-3-1)10-4-7-5/h1-3H,4H2. The van der Waals surface area contributed by atoms with E-state index < -0.39 is 0 Å². The molecule has 0 bridgehead atoms. The number of fused-ring (bicyclic) bond motifs is 1. The van der Waals surface area contributed by atoms with Crippen LogP contribution in [0.5, 0.6) is 0 Å². The molecule has 0 amide bonds. The summed E-state index contributed by atoms with van der Waals surface area (Å²) in [5.74, 6) is 0.519. The average molecular weight is 135 g/mol. The van der Waals surface area contributed by atoms with Crippen molar-refractivity contribution in [1.29, 1.82) is 0 Å². The van der Waals surface area contributed by atoms with Gasteiger partial charge in [-0.15, -0.1) is 5.10 Å². The zero-order chi connectivity index (χ0) is 6.81. The largest absolute Gasteiger partial charge is 0.452 e. The molecular weight excluding hydrogens is 130 g/mol. The second kappa shape index (κ2) is 2.06. The second-order valence-corrected chi connectivity index (χ2v) is 1.85. The monoisotopic (exact) mass is 135 g/mol. The topological polar surface area (TPSA) is 46.3 Å². The Bertz CT molecular complexity index is 262. The van der Waals surface area contributed by atoms with Gasteiger partial charge in [-0.3, -0.25) is 0 Å². The van der Waals surface area contributed by atoms with Gasteiger partial charge in [-0.05, 0) is 12.2 Å². The molecule has 0 aromatic rings. The van der Waals surface area contributed by atoms with Gasteiger partial charge in [0.05, 0.1) is 0 Å². The van der Waals surface area contributed by atoms with Gasteiger partial charge in [-0.2, -0.15) is 5.10 Å². The normalized spacial score (nSPS) is 20.8. The average Bonchev–Trinajstić information content (AvgIpc) is 2.28. The van der Waals surface area contributed by atoms with Crippen LogP contribution in [0, 0.1) is 0 Å². The Labute approximate surface area is 57.6 Å². The van der Waals surface area contributed by atoms with Gasteiger partial charge in [0.1, 0.15) is 5.71 Å². The van der Waals surface area contributed by atoms with Crippen molar-refractivity contribution >= 4 is 17.8 Å². The van der Waals surface area contributed by atoms with Crippen molar-refractivity contribution in [3.63, 3.8) is 0 Å². The Kier molecular flexibility index (Phi) is 1.10. The van der Waals surface area contributed by atoms with E-state index >= 15 is 0 Å². The maximum atomic E-state index is 5.02. The lowest BCUT2D eigenvalue weighted by atomic mass is 10.3. The molecular formula is C6H5N3O. The summed E-state index contributed by atoms with van der Waals surface area (Å²) >= 11 is 0. The Hall–Kier alpha value is -1.45. The van der Waals surface area contributed by atoms with E-state index in [1.807, 2.05) is 6.08 Å². The van der Waals surface area contributed by atoms with E-state index in [1.165, 1.54) is 0 Å². The molecule has 0 aromatic carbocycles. The molecule has 2 heterocycles. The highest BCUT2D eigenvalue weighted by atomic mass is 16.5. The van der Waals surface area contributed by atoms with Crippen molar-refractivity contribution in [1.82, 2.24) is 0 Å². The minimum Gasteiger partial charge on any atom is -0.452 e. The molecule has 2 aliphatic heterocycles. The van der Waals surface area contributed by atoms with Crippen LogP contribution in [0.25, 0.3) is 0 Å². The summed E-state index contributed by atoms with van der Waals surface area (Å²) in [5.41, 5.74) is 0.775. The predicted octanol–water partition coefficient (Wildman–Crippen LogP) is 0.369. The molecule has 50 valence electrons. The molecule has 2 aliphatic rings. The van der Waals surface area contributed by atoms with Gasteiger partial charge in [-0.1, -0.05) is 0 Å². The fourth-order valence-electron chi connectivity index (χ4n) is 0.767. The summed E-state index contributed by atoms with van der Waals surface area (Å²) in [4.78, 5) is 4.01. The molecule has 4 nitrogen and oxygen atoms in total. The van der Waals surface area contributed by atoms with Crippen molar-refractivity contribution < 1.29 is 4.74 Å². The third-order valence-corrected chi connectivity index (χ3v) is 1.21. The lowest BCUT2D eigenvalue weighted by Crippen LogP contribution is -2.06. The third-order valence-electron chi connectivity index (χ3n) is 1.21. The Morgan fingerprint density at radius 3 is 3.50 bits per heavy atom. The molecule has 0 spiro atoms. The first-order chi connectivity index (χ1) is 4.97.